The minimum Gasteiger partial charge on any atom is -0.465 e. The number of esters is 1. The Kier molecular flexibility index (Phi) is 7.16. The van der Waals surface area contributed by atoms with E-state index in [1.807, 2.05) is 26.0 Å². The molecule has 0 N–H and O–H groups in total. The van der Waals surface area contributed by atoms with Gasteiger partial charge in [-0.1, -0.05) is 43.0 Å². The van der Waals surface area contributed by atoms with Crippen LogP contribution in [-0.4, -0.2) is 37.1 Å². The lowest BCUT2D eigenvalue weighted by atomic mass is 10.0. The van der Waals surface area contributed by atoms with Gasteiger partial charge in [0.25, 0.3) is 0 Å². The van der Waals surface area contributed by atoms with Gasteiger partial charge in [0.15, 0.2) is 0 Å². The number of hydrogen-bond acceptors (Lipinski definition) is 4. The normalized spacial score (nSPS) is 23.3. The van der Waals surface area contributed by atoms with Gasteiger partial charge in [0.2, 0.25) is 10.0 Å². The molecule has 5 nitrogen and oxygen atoms in total. The zero-order valence-corrected chi connectivity index (χ0v) is 16.9. The molecule has 2 rings (SSSR count). The Morgan fingerprint density at radius 2 is 1.96 bits per heavy atom. The fraction of sp³-hybridized carbons (Fsp3) is 0.381. The summed E-state index contributed by atoms with van der Waals surface area (Å²) in [4.78, 5) is 11.6. The smallest absolute Gasteiger partial charge is 0.337 e. The van der Waals surface area contributed by atoms with Crippen molar-refractivity contribution in [1.82, 2.24) is 4.31 Å². The number of sulfonamides is 1. The molecule has 1 fully saturated rings. The topological polar surface area (TPSA) is 63.7 Å². The van der Waals surface area contributed by atoms with Crippen LogP contribution >= 0.6 is 0 Å². The van der Waals surface area contributed by atoms with Gasteiger partial charge in [-0.3, -0.25) is 0 Å². The fourth-order valence-electron chi connectivity index (χ4n) is 3.30. The number of allylic oxidation sites excluding steroid dienone is 4. The van der Waals surface area contributed by atoms with Crippen LogP contribution in [0, 0.1) is 0 Å². The zero-order chi connectivity index (χ0) is 20.0. The second kappa shape index (κ2) is 9.15. The maximum Gasteiger partial charge on any atom is 0.337 e. The summed E-state index contributed by atoms with van der Waals surface area (Å²) in [6.45, 7) is 7.72. The second-order valence-corrected chi connectivity index (χ2v) is 8.65. The van der Waals surface area contributed by atoms with Crippen molar-refractivity contribution >= 4 is 16.0 Å². The highest BCUT2D eigenvalue weighted by atomic mass is 32.2. The highest BCUT2D eigenvalue weighted by Gasteiger charge is 2.40. The number of nitrogens with zero attached hydrogens (tertiary/aromatic N) is 1. The lowest BCUT2D eigenvalue weighted by Gasteiger charge is -2.37. The molecule has 1 saturated heterocycles. The van der Waals surface area contributed by atoms with Crippen LogP contribution in [0.15, 0.2) is 60.7 Å². The highest BCUT2D eigenvalue weighted by molar-refractivity contribution is 7.90. The highest BCUT2D eigenvalue weighted by Crippen LogP contribution is 2.32. The largest absolute Gasteiger partial charge is 0.465 e. The molecule has 27 heavy (non-hydrogen) atoms. The maximum atomic E-state index is 13.3. The van der Waals surface area contributed by atoms with Gasteiger partial charge in [0.05, 0.1) is 12.7 Å². The molecule has 1 aliphatic heterocycles. The summed E-state index contributed by atoms with van der Waals surface area (Å²) in [5.41, 5.74) is 2.06. The minimum atomic E-state index is -3.50. The number of ether oxygens (including phenoxy) is 1. The Hall–Kier alpha value is -2.18. The van der Waals surface area contributed by atoms with E-state index >= 15 is 0 Å². The van der Waals surface area contributed by atoms with Crippen molar-refractivity contribution in [3.8, 4) is 0 Å². The number of benzene rings is 1. The SMILES string of the molecule is C=CC=CC(=CC)C1CCC(C)N(Cc2ccc(C(=O)OC)cc2)S1(=O)=O. The second-order valence-electron chi connectivity index (χ2n) is 6.58. The minimum absolute atomic E-state index is 0.0759. The summed E-state index contributed by atoms with van der Waals surface area (Å²) in [5.74, 6) is -0.410. The molecule has 0 aliphatic carbocycles. The Morgan fingerprint density at radius 1 is 1.30 bits per heavy atom. The summed E-state index contributed by atoms with van der Waals surface area (Å²) >= 11 is 0. The van der Waals surface area contributed by atoms with E-state index in [1.54, 1.807) is 40.7 Å². The first kappa shape index (κ1) is 21.1. The van der Waals surface area contributed by atoms with Gasteiger partial charge in [-0.2, -0.15) is 4.31 Å². The van der Waals surface area contributed by atoms with Crippen LogP contribution < -0.4 is 0 Å². The van der Waals surface area contributed by atoms with Gasteiger partial charge in [0.1, 0.15) is 5.25 Å². The predicted molar refractivity (Wildman–Crippen MR) is 108 cm³/mol. The van der Waals surface area contributed by atoms with Crippen molar-refractivity contribution in [3.05, 3.63) is 71.8 Å². The first-order valence-electron chi connectivity index (χ1n) is 8.98. The van der Waals surface area contributed by atoms with Crippen LogP contribution in [0.2, 0.25) is 0 Å². The van der Waals surface area contributed by atoms with Crippen molar-refractivity contribution < 1.29 is 17.9 Å². The molecule has 0 amide bonds. The fourth-order valence-corrected chi connectivity index (χ4v) is 5.55. The molecule has 0 radical (unpaired) electrons. The zero-order valence-electron chi connectivity index (χ0n) is 16.1. The summed E-state index contributed by atoms with van der Waals surface area (Å²) in [6, 6.07) is 6.78. The molecule has 0 spiro atoms. The van der Waals surface area contributed by atoms with Gasteiger partial charge in [-0.15, -0.1) is 0 Å². The summed E-state index contributed by atoms with van der Waals surface area (Å²) in [6.07, 6.45) is 8.46. The molecule has 6 heteroatoms. The van der Waals surface area contributed by atoms with Crippen molar-refractivity contribution in [3.63, 3.8) is 0 Å². The number of carbonyl (C=O) groups excluding carboxylic acids is 1. The van der Waals surface area contributed by atoms with E-state index in [2.05, 4.69) is 6.58 Å². The van der Waals surface area contributed by atoms with Gasteiger partial charge < -0.3 is 4.74 Å². The van der Waals surface area contributed by atoms with E-state index in [1.165, 1.54) is 7.11 Å². The average molecular weight is 390 g/mol. The predicted octanol–water partition coefficient (Wildman–Crippen LogP) is 3.84. The molecule has 0 saturated carbocycles. The van der Waals surface area contributed by atoms with E-state index in [0.717, 1.165) is 17.6 Å². The van der Waals surface area contributed by atoms with Crippen LogP contribution in [0.1, 0.15) is 42.6 Å². The summed E-state index contributed by atoms with van der Waals surface area (Å²) < 4.78 is 32.8. The van der Waals surface area contributed by atoms with Crippen molar-refractivity contribution in [1.29, 1.82) is 0 Å². The van der Waals surface area contributed by atoms with Gasteiger partial charge in [-0.05, 0) is 50.0 Å². The average Bonchev–Trinajstić information content (AvgIpc) is 2.66. The molecule has 1 aliphatic rings. The van der Waals surface area contributed by atoms with Crippen LogP contribution in [0.4, 0.5) is 0 Å². The number of hydrogen-bond donors (Lipinski definition) is 0. The molecule has 1 aromatic rings. The third kappa shape index (κ3) is 4.76. The molecule has 2 atom stereocenters. The lowest BCUT2D eigenvalue weighted by molar-refractivity contribution is 0.0600. The van der Waals surface area contributed by atoms with Crippen LogP contribution in [0.5, 0.6) is 0 Å². The molecule has 0 bridgehead atoms. The molecule has 1 aromatic carbocycles. The maximum absolute atomic E-state index is 13.3. The van der Waals surface area contributed by atoms with E-state index in [-0.39, 0.29) is 12.6 Å². The van der Waals surface area contributed by atoms with Gasteiger partial charge in [-0.25, -0.2) is 13.2 Å². The quantitative estimate of drug-likeness (QED) is 0.548. The Labute approximate surface area is 162 Å². The van der Waals surface area contributed by atoms with Crippen LogP contribution in [0.3, 0.4) is 0 Å². The molecule has 146 valence electrons. The van der Waals surface area contributed by atoms with E-state index in [4.69, 9.17) is 4.74 Å². The Bertz CT molecular complexity index is 837. The standard InChI is InChI=1S/C21H27NO4S/c1-5-7-8-18(6-2)20-14-9-16(3)22(27(20,24)25)15-17-10-12-19(13-11-17)21(23)26-4/h5-8,10-13,16,20H,1,9,14-15H2,2-4H3. The van der Waals surface area contributed by atoms with Crippen LogP contribution in [0.25, 0.3) is 0 Å². The monoisotopic (exact) mass is 389 g/mol. The molecule has 0 aromatic heterocycles. The van der Waals surface area contributed by atoms with Crippen LogP contribution in [-0.2, 0) is 21.3 Å². The Balaban J connectivity index is 2.28. The summed E-state index contributed by atoms with van der Waals surface area (Å²) in [5, 5.41) is -0.552. The molecular weight excluding hydrogens is 362 g/mol. The third-order valence-electron chi connectivity index (χ3n) is 4.87. The third-order valence-corrected chi connectivity index (χ3v) is 7.24. The van der Waals surface area contributed by atoms with E-state index < -0.39 is 21.2 Å². The molecule has 1 heterocycles. The first-order chi connectivity index (χ1) is 12.8. The van der Waals surface area contributed by atoms with Gasteiger partial charge in [0, 0.05) is 12.6 Å². The lowest BCUT2D eigenvalue weighted by Crippen LogP contribution is -2.48. The number of carbonyl (C=O) groups is 1. The summed E-state index contributed by atoms with van der Waals surface area (Å²) in [7, 11) is -2.17. The van der Waals surface area contributed by atoms with Crippen molar-refractivity contribution in [2.24, 2.45) is 0 Å². The number of rotatable bonds is 6. The van der Waals surface area contributed by atoms with E-state index in [0.29, 0.717) is 12.0 Å². The van der Waals surface area contributed by atoms with E-state index in [9.17, 15) is 13.2 Å². The first-order valence-corrected chi connectivity index (χ1v) is 10.5. The van der Waals surface area contributed by atoms with Crippen molar-refractivity contribution in [2.75, 3.05) is 7.11 Å². The number of methoxy groups -OCH3 is 1. The van der Waals surface area contributed by atoms with Crippen molar-refractivity contribution in [2.45, 2.75) is 44.5 Å². The molecule has 2 unspecified atom stereocenters. The molecular formula is C21H27NO4S. The van der Waals surface area contributed by atoms with Gasteiger partial charge >= 0.3 is 5.97 Å². The Morgan fingerprint density at radius 3 is 2.52 bits per heavy atom.